The van der Waals surface area contributed by atoms with Crippen LogP contribution in [-0.2, 0) is 0 Å². The fourth-order valence-electron chi connectivity index (χ4n) is 1.87. The van der Waals surface area contributed by atoms with Gasteiger partial charge in [-0.3, -0.25) is 0 Å². The standard InChI is InChI=1S/C18H13BrN2O2/c19-8-10-22-18-12-15(13-21)6-7-17(18)23-16-5-1-3-14(11-16)4-2-9-20/h1-7,11-12H,8,10H2. The van der Waals surface area contributed by atoms with Gasteiger partial charge in [-0.2, -0.15) is 10.5 Å². The molecule has 2 rings (SSSR count). The average molecular weight is 369 g/mol. The van der Waals surface area contributed by atoms with E-state index in [-0.39, 0.29) is 0 Å². The second-order valence-corrected chi connectivity index (χ2v) is 5.24. The lowest BCUT2D eigenvalue weighted by Gasteiger charge is -2.12. The van der Waals surface area contributed by atoms with Gasteiger partial charge in [-0.15, -0.1) is 0 Å². The molecule has 4 nitrogen and oxygen atoms in total. The zero-order valence-electron chi connectivity index (χ0n) is 12.2. The highest BCUT2D eigenvalue weighted by atomic mass is 79.9. The van der Waals surface area contributed by atoms with Gasteiger partial charge in [0.2, 0.25) is 0 Å². The van der Waals surface area contributed by atoms with E-state index in [2.05, 4.69) is 22.0 Å². The summed E-state index contributed by atoms with van der Waals surface area (Å²) in [6.07, 6.45) is 3.11. The Morgan fingerprint density at radius 3 is 2.70 bits per heavy atom. The molecule has 0 amide bonds. The number of nitriles is 2. The first-order chi connectivity index (χ1) is 11.3. The van der Waals surface area contributed by atoms with E-state index < -0.39 is 0 Å². The summed E-state index contributed by atoms with van der Waals surface area (Å²) in [5, 5.41) is 18.3. The van der Waals surface area contributed by atoms with E-state index >= 15 is 0 Å². The summed E-state index contributed by atoms with van der Waals surface area (Å²) >= 11 is 3.30. The first kappa shape index (κ1) is 16.6. The van der Waals surface area contributed by atoms with Crippen LogP contribution in [0.5, 0.6) is 17.2 Å². The molecule has 0 aliphatic carbocycles. The summed E-state index contributed by atoms with van der Waals surface area (Å²) in [6.45, 7) is 0.468. The lowest BCUT2D eigenvalue weighted by atomic mass is 10.2. The summed E-state index contributed by atoms with van der Waals surface area (Å²) in [5.74, 6) is 1.67. The van der Waals surface area contributed by atoms with E-state index in [1.165, 1.54) is 6.08 Å². The number of alkyl halides is 1. The first-order valence-corrected chi connectivity index (χ1v) is 7.96. The number of hydrogen-bond acceptors (Lipinski definition) is 4. The van der Waals surface area contributed by atoms with Gasteiger partial charge in [-0.05, 0) is 35.9 Å². The monoisotopic (exact) mass is 368 g/mol. The Hall–Kier alpha value is -2.76. The van der Waals surface area contributed by atoms with Crippen LogP contribution >= 0.6 is 15.9 Å². The smallest absolute Gasteiger partial charge is 0.169 e. The van der Waals surface area contributed by atoms with E-state index in [0.717, 1.165) is 5.56 Å². The second-order valence-electron chi connectivity index (χ2n) is 4.45. The van der Waals surface area contributed by atoms with Crippen molar-refractivity contribution in [3.8, 4) is 29.4 Å². The third-order valence-corrected chi connectivity index (χ3v) is 3.17. The molecule has 5 heteroatoms. The number of rotatable bonds is 6. The quantitative estimate of drug-likeness (QED) is 0.549. The molecule has 0 aliphatic rings. The van der Waals surface area contributed by atoms with Gasteiger partial charge >= 0.3 is 0 Å². The van der Waals surface area contributed by atoms with Crippen molar-refractivity contribution in [2.75, 3.05) is 11.9 Å². The van der Waals surface area contributed by atoms with E-state index in [1.807, 2.05) is 30.3 Å². The van der Waals surface area contributed by atoms with Crippen LogP contribution in [0.15, 0.2) is 48.5 Å². The molecule has 0 fully saturated rings. The zero-order chi connectivity index (χ0) is 16.5. The van der Waals surface area contributed by atoms with E-state index in [1.54, 1.807) is 24.3 Å². The van der Waals surface area contributed by atoms with Gasteiger partial charge in [0.15, 0.2) is 11.5 Å². The highest BCUT2D eigenvalue weighted by Crippen LogP contribution is 2.33. The van der Waals surface area contributed by atoms with Gasteiger partial charge in [0, 0.05) is 17.5 Å². The molecule has 0 spiro atoms. The minimum Gasteiger partial charge on any atom is -0.489 e. The summed E-state index contributed by atoms with van der Waals surface area (Å²) in [4.78, 5) is 0. The van der Waals surface area contributed by atoms with E-state index in [9.17, 15) is 0 Å². The Bertz CT molecular complexity index is 788. The topological polar surface area (TPSA) is 66.0 Å². The maximum atomic E-state index is 9.00. The van der Waals surface area contributed by atoms with Crippen LogP contribution in [0, 0.1) is 22.7 Å². The van der Waals surface area contributed by atoms with Gasteiger partial charge in [-0.1, -0.05) is 28.1 Å². The molecule has 0 unspecified atom stereocenters. The lowest BCUT2D eigenvalue weighted by molar-refractivity contribution is 0.325. The van der Waals surface area contributed by atoms with Gasteiger partial charge in [0.05, 0.1) is 24.3 Å². The summed E-state index contributed by atoms with van der Waals surface area (Å²) < 4.78 is 11.5. The molecule has 0 heterocycles. The first-order valence-electron chi connectivity index (χ1n) is 6.84. The molecular formula is C18H13BrN2O2. The Labute approximate surface area is 143 Å². The highest BCUT2D eigenvalue weighted by molar-refractivity contribution is 9.09. The molecule has 0 aliphatic heterocycles. The van der Waals surface area contributed by atoms with Crippen molar-refractivity contribution in [3.05, 3.63) is 59.7 Å². The van der Waals surface area contributed by atoms with Crippen molar-refractivity contribution in [1.29, 1.82) is 10.5 Å². The number of halogens is 1. The maximum Gasteiger partial charge on any atom is 0.169 e. The van der Waals surface area contributed by atoms with Crippen LogP contribution < -0.4 is 9.47 Å². The van der Waals surface area contributed by atoms with Crippen LogP contribution in [0.25, 0.3) is 6.08 Å². The molecule has 23 heavy (non-hydrogen) atoms. The van der Waals surface area contributed by atoms with Crippen LogP contribution in [0.1, 0.15) is 11.1 Å². The molecule has 0 atom stereocenters. The number of allylic oxidation sites excluding steroid dienone is 1. The SMILES string of the molecule is N#CC=Cc1cccc(Oc2ccc(C#N)cc2OCCBr)c1. The summed E-state index contributed by atoms with van der Waals surface area (Å²) in [5.41, 5.74) is 1.37. The normalized spacial score (nSPS) is 10.0. The molecule has 0 saturated heterocycles. The second kappa shape index (κ2) is 8.63. The zero-order valence-corrected chi connectivity index (χ0v) is 13.8. The molecule has 0 saturated carbocycles. The third kappa shape index (κ3) is 4.88. The van der Waals surface area contributed by atoms with Crippen molar-refractivity contribution in [2.45, 2.75) is 0 Å². The van der Waals surface area contributed by atoms with Crippen molar-refractivity contribution < 1.29 is 9.47 Å². The Morgan fingerprint density at radius 2 is 1.96 bits per heavy atom. The van der Waals surface area contributed by atoms with Crippen LogP contribution in [-0.4, -0.2) is 11.9 Å². The number of ether oxygens (including phenoxy) is 2. The van der Waals surface area contributed by atoms with Gasteiger partial charge in [0.25, 0.3) is 0 Å². The lowest BCUT2D eigenvalue weighted by Crippen LogP contribution is -2.00. The fraction of sp³-hybridized carbons (Fsp3) is 0.111. The van der Waals surface area contributed by atoms with Crippen LogP contribution in [0.2, 0.25) is 0 Å². The van der Waals surface area contributed by atoms with Crippen molar-refractivity contribution >= 4 is 22.0 Å². The van der Waals surface area contributed by atoms with Gasteiger partial charge in [0.1, 0.15) is 5.75 Å². The minimum absolute atomic E-state index is 0.468. The largest absolute Gasteiger partial charge is 0.489 e. The molecule has 0 aromatic heterocycles. The van der Waals surface area contributed by atoms with Gasteiger partial charge < -0.3 is 9.47 Å². The van der Waals surface area contributed by atoms with Crippen molar-refractivity contribution in [3.63, 3.8) is 0 Å². The predicted octanol–water partition coefficient (Wildman–Crippen LogP) is 4.66. The van der Waals surface area contributed by atoms with Crippen LogP contribution in [0.4, 0.5) is 0 Å². The van der Waals surface area contributed by atoms with E-state index in [4.69, 9.17) is 20.0 Å². The predicted molar refractivity (Wildman–Crippen MR) is 91.6 cm³/mol. The third-order valence-electron chi connectivity index (χ3n) is 2.84. The summed E-state index contributed by atoms with van der Waals surface area (Å²) in [6, 6.07) is 16.4. The Kier molecular flexibility index (Phi) is 6.23. The molecule has 0 N–H and O–H groups in total. The van der Waals surface area contributed by atoms with E-state index in [0.29, 0.717) is 34.7 Å². The molecule has 2 aromatic carbocycles. The molecule has 0 bridgehead atoms. The molecule has 0 radical (unpaired) electrons. The van der Waals surface area contributed by atoms with Gasteiger partial charge in [-0.25, -0.2) is 0 Å². The average Bonchev–Trinajstić information content (AvgIpc) is 2.59. The highest BCUT2D eigenvalue weighted by Gasteiger charge is 2.08. The van der Waals surface area contributed by atoms with Crippen molar-refractivity contribution in [1.82, 2.24) is 0 Å². The Morgan fingerprint density at radius 1 is 1.09 bits per heavy atom. The Balaban J connectivity index is 2.27. The maximum absolute atomic E-state index is 9.00. The number of hydrogen-bond donors (Lipinski definition) is 0. The molecular weight excluding hydrogens is 356 g/mol. The van der Waals surface area contributed by atoms with Crippen LogP contribution in [0.3, 0.4) is 0 Å². The number of benzene rings is 2. The fourth-order valence-corrected chi connectivity index (χ4v) is 2.03. The van der Waals surface area contributed by atoms with Crippen molar-refractivity contribution in [2.24, 2.45) is 0 Å². The molecule has 114 valence electrons. The summed E-state index contributed by atoms with van der Waals surface area (Å²) in [7, 11) is 0. The molecule has 2 aromatic rings. The number of nitrogens with zero attached hydrogens (tertiary/aromatic N) is 2. The minimum atomic E-state index is 0.468.